The lowest BCUT2D eigenvalue weighted by Crippen LogP contribution is -2.37. The number of carbonyl (C=O) groups is 2. The molecule has 5 N–H and O–H groups in total. The molecule has 1 atom stereocenters. The van der Waals surface area contributed by atoms with Crippen molar-refractivity contribution >= 4 is 11.8 Å². The number of nitrogens with one attached hydrogen (secondary N) is 1. The molecule has 0 aliphatic heterocycles. The predicted molar refractivity (Wildman–Crippen MR) is 74.2 cm³/mol. The van der Waals surface area contributed by atoms with Crippen molar-refractivity contribution in [1.82, 2.24) is 5.32 Å². The Labute approximate surface area is 113 Å². The number of amides is 2. The summed E-state index contributed by atoms with van der Waals surface area (Å²) in [5.41, 5.74) is 12.1. The molecule has 19 heavy (non-hydrogen) atoms. The zero-order valence-electron chi connectivity index (χ0n) is 11.3. The number of hydrogen-bond donors (Lipinski definition) is 3. The topological polar surface area (TPSA) is 98.2 Å². The lowest BCUT2D eigenvalue weighted by molar-refractivity contribution is -0.126. The molecular formula is C14H21N3O2. The van der Waals surface area contributed by atoms with Gasteiger partial charge in [0.1, 0.15) is 0 Å². The van der Waals surface area contributed by atoms with Gasteiger partial charge in [0.15, 0.2) is 0 Å². The summed E-state index contributed by atoms with van der Waals surface area (Å²) < 4.78 is 0. The van der Waals surface area contributed by atoms with Crippen LogP contribution in [0.25, 0.3) is 0 Å². The van der Waals surface area contributed by atoms with E-state index in [0.29, 0.717) is 18.7 Å². The average Bonchev–Trinajstić information content (AvgIpc) is 2.37. The van der Waals surface area contributed by atoms with Gasteiger partial charge in [-0.25, -0.2) is 0 Å². The Balaban J connectivity index is 2.64. The molecule has 0 fully saturated rings. The Bertz CT molecular complexity index is 458. The summed E-state index contributed by atoms with van der Waals surface area (Å²) in [5.74, 6) is -0.543. The molecule has 0 aromatic heterocycles. The van der Waals surface area contributed by atoms with Crippen LogP contribution in [0.15, 0.2) is 24.3 Å². The van der Waals surface area contributed by atoms with Crippen molar-refractivity contribution in [3.63, 3.8) is 0 Å². The van der Waals surface area contributed by atoms with Crippen LogP contribution in [0, 0.1) is 11.8 Å². The summed E-state index contributed by atoms with van der Waals surface area (Å²) in [4.78, 5) is 23.0. The van der Waals surface area contributed by atoms with Crippen LogP contribution in [-0.4, -0.2) is 18.4 Å². The average molecular weight is 263 g/mol. The molecule has 0 aliphatic carbocycles. The Morgan fingerprint density at radius 3 is 2.53 bits per heavy atom. The highest BCUT2D eigenvalue weighted by atomic mass is 16.2. The van der Waals surface area contributed by atoms with Crippen molar-refractivity contribution in [3.05, 3.63) is 35.4 Å². The molecule has 2 amide bonds. The number of rotatable bonds is 6. The number of primary amides is 1. The normalized spacial score (nSPS) is 12.2. The fraction of sp³-hybridized carbons (Fsp3) is 0.429. The maximum atomic E-state index is 11.9. The van der Waals surface area contributed by atoms with Crippen LogP contribution >= 0.6 is 0 Å². The van der Waals surface area contributed by atoms with Crippen LogP contribution in [0.3, 0.4) is 0 Å². The standard InChI is InChI=1S/C14H21N3O2/c1-9(2)12(7-15)14(19)17-8-10-4-3-5-11(6-10)13(16)18/h3-6,9,12H,7-8,15H2,1-2H3,(H2,16,18)(H,17,19). The molecule has 0 bridgehead atoms. The van der Waals surface area contributed by atoms with Crippen molar-refractivity contribution in [2.45, 2.75) is 20.4 Å². The second-order valence-corrected chi connectivity index (χ2v) is 4.87. The Kier molecular flexibility index (Phi) is 5.51. The van der Waals surface area contributed by atoms with E-state index in [4.69, 9.17) is 11.5 Å². The van der Waals surface area contributed by atoms with E-state index >= 15 is 0 Å². The van der Waals surface area contributed by atoms with Gasteiger partial charge in [-0.3, -0.25) is 9.59 Å². The van der Waals surface area contributed by atoms with Crippen LogP contribution in [0.4, 0.5) is 0 Å². The van der Waals surface area contributed by atoms with Gasteiger partial charge < -0.3 is 16.8 Å². The van der Waals surface area contributed by atoms with Crippen LogP contribution in [0.1, 0.15) is 29.8 Å². The van der Waals surface area contributed by atoms with Gasteiger partial charge in [-0.05, 0) is 23.6 Å². The molecule has 0 saturated carbocycles. The van der Waals surface area contributed by atoms with E-state index in [1.54, 1.807) is 18.2 Å². The summed E-state index contributed by atoms with van der Waals surface area (Å²) in [6, 6.07) is 6.89. The van der Waals surface area contributed by atoms with Crippen molar-refractivity contribution in [3.8, 4) is 0 Å². The van der Waals surface area contributed by atoms with E-state index < -0.39 is 5.91 Å². The Hall–Kier alpha value is -1.88. The fourth-order valence-electron chi connectivity index (χ4n) is 1.84. The summed E-state index contributed by atoms with van der Waals surface area (Å²) in [6.07, 6.45) is 0. The zero-order chi connectivity index (χ0) is 14.4. The molecule has 1 rings (SSSR count). The first kappa shape index (κ1) is 15.2. The van der Waals surface area contributed by atoms with Crippen molar-refractivity contribution in [2.75, 3.05) is 6.54 Å². The Morgan fingerprint density at radius 1 is 1.32 bits per heavy atom. The maximum Gasteiger partial charge on any atom is 0.248 e. The van der Waals surface area contributed by atoms with E-state index in [0.717, 1.165) is 5.56 Å². The highest BCUT2D eigenvalue weighted by molar-refractivity contribution is 5.92. The summed E-state index contributed by atoms with van der Waals surface area (Å²) in [5, 5.41) is 2.83. The molecule has 0 radical (unpaired) electrons. The molecule has 0 saturated heterocycles. The number of hydrogen-bond acceptors (Lipinski definition) is 3. The minimum atomic E-state index is -0.477. The molecule has 1 aromatic rings. The van der Waals surface area contributed by atoms with Crippen molar-refractivity contribution in [2.24, 2.45) is 23.3 Å². The van der Waals surface area contributed by atoms with E-state index in [1.807, 2.05) is 19.9 Å². The van der Waals surface area contributed by atoms with Crippen LogP contribution in [-0.2, 0) is 11.3 Å². The lowest BCUT2D eigenvalue weighted by Gasteiger charge is -2.18. The largest absolute Gasteiger partial charge is 0.366 e. The summed E-state index contributed by atoms with van der Waals surface area (Å²) >= 11 is 0. The first-order chi connectivity index (χ1) is 8.95. The van der Waals surface area contributed by atoms with E-state index in [9.17, 15) is 9.59 Å². The first-order valence-corrected chi connectivity index (χ1v) is 6.32. The number of carbonyl (C=O) groups excluding carboxylic acids is 2. The smallest absolute Gasteiger partial charge is 0.248 e. The quantitative estimate of drug-likeness (QED) is 0.702. The van der Waals surface area contributed by atoms with E-state index in [-0.39, 0.29) is 17.7 Å². The highest BCUT2D eigenvalue weighted by Crippen LogP contribution is 2.10. The SMILES string of the molecule is CC(C)C(CN)C(=O)NCc1cccc(C(N)=O)c1. The van der Waals surface area contributed by atoms with Crippen molar-refractivity contribution in [1.29, 1.82) is 0 Å². The molecule has 0 aliphatic rings. The van der Waals surface area contributed by atoms with Crippen molar-refractivity contribution < 1.29 is 9.59 Å². The third-order valence-electron chi connectivity index (χ3n) is 3.07. The molecule has 0 spiro atoms. The summed E-state index contributed by atoms with van der Waals surface area (Å²) in [6.45, 7) is 4.61. The fourth-order valence-corrected chi connectivity index (χ4v) is 1.84. The third kappa shape index (κ3) is 4.37. The monoisotopic (exact) mass is 263 g/mol. The molecule has 104 valence electrons. The van der Waals surface area contributed by atoms with Gasteiger partial charge in [0, 0.05) is 18.7 Å². The van der Waals surface area contributed by atoms with Crippen LogP contribution in [0.5, 0.6) is 0 Å². The van der Waals surface area contributed by atoms with E-state index in [2.05, 4.69) is 5.32 Å². The van der Waals surface area contributed by atoms with Gasteiger partial charge in [0.05, 0.1) is 5.92 Å². The van der Waals surface area contributed by atoms with Gasteiger partial charge in [0.25, 0.3) is 0 Å². The van der Waals surface area contributed by atoms with Gasteiger partial charge >= 0.3 is 0 Å². The molecule has 5 heteroatoms. The highest BCUT2D eigenvalue weighted by Gasteiger charge is 2.19. The van der Waals surface area contributed by atoms with Gasteiger partial charge in [0.2, 0.25) is 11.8 Å². The lowest BCUT2D eigenvalue weighted by atomic mass is 9.95. The van der Waals surface area contributed by atoms with Gasteiger partial charge in [-0.1, -0.05) is 26.0 Å². The molecular weight excluding hydrogens is 242 g/mol. The minimum Gasteiger partial charge on any atom is -0.366 e. The number of nitrogens with two attached hydrogens (primary N) is 2. The van der Waals surface area contributed by atoms with Crippen LogP contribution in [0.2, 0.25) is 0 Å². The second kappa shape index (κ2) is 6.89. The molecule has 1 unspecified atom stereocenters. The zero-order valence-corrected chi connectivity index (χ0v) is 11.3. The molecule has 5 nitrogen and oxygen atoms in total. The molecule has 1 aromatic carbocycles. The van der Waals surface area contributed by atoms with Crippen LogP contribution < -0.4 is 16.8 Å². The van der Waals surface area contributed by atoms with Gasteiger partial charge in [-0.2, -0.15) is 0 Å². The summed E-state index contributed by atoms with van der Waals surface area (Å²) in [7, 11) is 0. The first-order valence-electron chi connectivity index (χ1n) is 6.32. The number of benzene rings is 1. The predicted octanol–water partition coefficient (Wildman–Crippen LogP) is 0.633. The third-order valence-corrected chi connectivity index (χ3v) is 3.07. The minimum absolute atomic E-state index is 0.0676. The maximum absolute atomic E-state index is 11.9. The van der Waals surface area contributed by atoms with Gasteiger partial charge in [-0.15, -0.1) is 0 Å². The molecule has 0 heterocycles. The Morgan fingerprint density at radius 2 is 2.00 bits per heavy atom. The van der Waals surface area contributed by atoms with E-state index in [1.165, 1.54) is 0 Å². The second-order valence-electron chi connectivity index (χ2n) is 4.87.